The lowest BCUT2D eigenvalue weighted by Gasteiger charge is -2.20. The van der Waals surface area contributed by atoms with Crippen LogP contribution in [0.1, 0.15) is 19.4 Å². The highest BCUT2D eigenvalue weighted by molar-refractivity contribution is 5.56. The van der Waals surface area contributed by atoms with Crippen LogP contribution in [0.15, 0.2) is 12.1 Å². The highest BCUT2D eigenvalue weighted by atomic mass is 16.6. The van der Waals surface area contributed by atoms with Crippen LogP contribution in [0.2, 0.25) is 0 Å². The van der Waals surface area contributed by atoms with Crippen LogP contribution < -0.4 is 15.2 Å². The summed E-state index contributed by atoms with van der Waals surface area (Å²) in [7, 11) is 2.89. The molecule has 1 aromatic carbocycles. The fraction of sp³-hybridized carbons (Fsp3) is 0.455. The van der Waals surface area contributed by atoms with E-state index >= 15 is 0 Å². The van der Waals surface area contributed by atoms with Crippen LogP contribution in [0, 0.1) is 10.1 Å². The second kappa shape index (κ2) is 4.58. The molecule has 0 atom stereocenters. The van der Waals surface area contributed by atoms with E-state index in [1.54, 1.807) is 13.8 Å². The van der Waals surface area contributed by atoms with Crippen molar-refractivity contribution in [2.45, 2.75) is 19.4 Å². The summed E-state index contributed by atoms with van der Waals surface area (Å²) in [5.74, 6) is 0.735. The highest BCUT2D eigenvalue weighted by Gasteiger charge is 2.28. The minimum absolute atomic E-state index is 0.0739. The molecule has 94 valence electrons. The standard InChI is InChI=1S/C11H16N2O4/c1-11(2,12)7-5-9(16-3)10(17-4)6-8(7)13(14)15/h5-6H,12H2,1-4H3. The van der Waals surface area contributed by atoms with Gasteiger partial charge in [-0.1, -0.05) is 0 Å². The van der Waals surface area contributed by atoms with Gasteiger partial charge in [-0.3, -0.25) is 10.1 Å². The Balaban J connectivity index is 3.52. The van der Waals surface area contributed by atoms with Crippen LogP contribution in [-0.4, -0.2) is 19.1 Å². The number of hydrogen-bond donors (Lipinski definition) is 1. The fourth-order valence-corrected chi connectivity index (χ4v) is 1.54. The summed E-state index contributed by atoms with van der Waals surface area (Å²) in [5.41, 5.74) is 5.41. The van der Waals surface area contributed by atoms with Crippen LogP contribution >= 0.6 is 0 Å². The molecule has 0 aromatic heterocycles. The topological polar surface area (TPSA) is 87.6 Å². The van der Waals surface area contributed by atoms with Crippen molar-refractivity contribution in [3.8, 4) is 11.5 Å². The molecule has 2 N–H and O–H groups in total. The Hall–Kier alpha value is -1.82. The lowest BCUT2D eigenvalue weighted by molar-refractivity contribution is -0.386. The van der Waals surface area contributed by atoms with E-state index < -0.39 is 10.5 Å². The molecule has 0 amide bonds. The number of benzene rings is 1. The molecule has 0 fully saturated rings. The van der Waals surface area contributed by atoms with E-state index in [2.05, 4.69) is 0 Å². The Morgan fingerprint density at radius 2 is 1.71 bits per heavy atom. The number of ether oxygens (including phenoxy) is 2. The van der Waals surface area contributed by atoms with Gasteiger partial charge in [0.1, 0.15) is 0 Å². The minimum Gasteiger partial charge on any atom is -0.493 e. The maximum atomic E-state index is 11.0. The Kier molecular flexibility index (Phi) is 3.57. The van der Waals surface area contributed by atoms with Crippen molar-refractivity contribution in [3.05, 3.63) is 27.8 Å². The number of methoxy groups -OCH3 is 2. The van der Waals surface area contributed by atoms with Crippen LogP contribution in [0.25, 0.3) is 0 Å². The number of nitrogens with two attached hydrogens (primary N) is 1. The Morgan fingerprint density at radius 3 is 2.06 bits per heavy atom. The summed E-state index contributed by atoms with van der Waals surface area (Å²) in [6, 6.07) is 2.86. The summed E-state index contributed by atoms with van der Waals surface area (Å²) >= 11 is 0. The first-order valence-electron chi connectivity index (χ1n) is 5.01. The average Bonchev–Trinajstić information content (AvgIpc) is 2.25. The van der Waals surface area contributed by atoms with Gasteiger partial charge >= 0.3 is 0 Å². The lowest BCUT2D eigenvalue weighted by atomic mass is 9.93. The van der Waals surface area contributed by atoms with Gasteiger partial charge in [0.05, 0.1) is 30.8 Å². The molecule has 0 bridgehead atoms. The van der Waals surface area contributed by atoms with Gasteiger partial charge in [-0.25, -0.2) is 0 Å². The van der Waals surface area contributed by atoms with Crippen molar-refractivity contribution in [2.24, 2.45) is 5.73 Å². The van der Waals surface area contributed by atoms with Gasteiger partial charge in [-0.05, 0) is 19.9 Å². The Labute approximate surface area is 99.5 Å². The van der Waals surface area contributed by atoms with E-state index in [9.17, 15) is 10.1 Å². The molecule has 1 rings (SSSR count). The van der Waals surface area contributed by atoms with Gasteiger partial charge in [0.2, 0.25) is 0 Å². The molecular formula is C11H16N2O4. The first-order chi connectivity index (χ1) is 7.81. The first kappa shape index (κ1) is 13.2. The molecule has 0 aliphatic rings. The zero-order valence-corrected chi connectivity index (χ0v) is 10.3. The molecule has 0 aliphatic carbocycles. The molecule has 0 spiro atoms. The van der Waals surface area contributed by atoms with Crippen molar-refractivity contribution in [1.82, 2.24) is 0 Å². The molecule has 0 radical (unpaired) electrons. The molecule has 0 saturated heterocycles. The van der Waals surface area contributed by atoms with Crippen LogP contribution in [0.4, 0.5) is 5.69 Å². The third kappa shape index (κ3) is 2.65. The second-order valence-electron chi connectivity index (χ2n) is 4.20. The Morgan fingerprint density at radius 1 is 1.24 bits per heavy atom. The van der Waals surface area contributed by atoms with Crippen molar-refractivity contribution >= 4 is 5.69 Å². The molecule has 0 heterocycles. The molecule has 17 heavy (non-hydrogen) atoms. The van der Waals surface area contributed by atoms with Gasteiger partial charge in [-0.2, -0.15) is 0 Å². The molecule has 0 unspecified atom stereocenters. The van der Waals surface area contributed by atoms with Crippen LogP contribution in [0.5, 0.6) is 11.5 Å². The largest absolute Gasteiger partial charge is 0.493 e. The number of hydrogen-bond acceptors (Lipinski definition) is 5. The Bertz CT molecular complexity index is 438. The van der Waals surface area contributed by atoms with Crippen molar-refractivity contribution in [2.75, 3.05) is 14.2 Å². The SMILES string of the molecule is COc1cc([N+](=O)[O-])c(C(C)(C)N)cc1OC. The normalized spacial score (nSPS) is 11.1. The summed E-state index contributed by atoms with van der Waals surface area (Å²) in [5, 5.41) is 11.0. The monoisotopic (exact) mass is 240 g/mol. The van der Waals surface area contributed by atoms with Gasteiger partial charge < -0.3 is 15.2 Å². The second-order valence-corrected chi connectivity index (χ2v) is 4.20. The number of nitrogens with zero attached hydrogens (tertiary/aromatic N) is 1. The van der Waals surface area contributed by atoms with Gasteiger partial charge in [0, 0.05) is 5.54 Å². The summed E-state index contributed by atoms with van der Waals surface area (Å²) < 4.78 is 10.1. The van der Waals surface area contributed by atoms with E-state index in [0.717, 1.165) is 0 Å². The smallest absolute Gasteiger partial charge is 0.278 e. The lowest BCUT2D eigenvalue weighted by Crippen LogP contribution is -2.29. The van der Waals surface area contributed by atoms with Crippen LogP contribution in [-0.2, 0) is 5.54 Å². The third-order valence-corrected chi connectivity index (χ3v) is 2.39. The minimum atomic E-state index is -0.831. The molecule has 0 aliphatic heterocycles. The number of rotatable bonds is 4. The predicted molar refractivity (Wildman–Crippen MR) is 63.4 cm³/mol. The molecule has 0 saturated carbocycles. The third-order valence-electron chi connectivity index (χ3n) is 2.39. The van der Waals surface area contributed by atoms with E-state index in [4.69, 9.17) is 15.2 Å². The molecule has 1 aromatic rings. The zero-order valence-electron chi connectivity index (χ0n) is 10.3. The van der Waals surface area contributed by atoms with Gasteiger partial charge in [-0.15, -0.1) is 0 Å². The van der Waals surface area contributed by atoms with Crippen molar-refractivity contribution in [1.29, 1.82) is 0 Å². The molecular weight excluding hydrogens is 224 g/mol. The predicted octanol–water partition coefficient (Wildman–Crippen LogP) is 1.81. The number of nitro benzene ring substituents is 1. The summed E-state index contributed by atoms with van der Waals surface area (Å²) in [4.78, 5) is 10.5. The van der Waals surface area contributed by atoms with Crippen LogP contribution in [0.3, 0.4) is 0 Å². The maximum absolute atomic E-state index is 11.0. The average molecular weight is 240 g/mol. The van der Waals surface area contributed by atoms with E-state index in [1.165, 1.54) is 26.4 Å². The van der Waals surface area contributed by atoms with Gasteiger partial charge in [0.15, 0.2) is 11.5 Å². The maximum Gasteiger partial charge on any atom is 0.278 e. The zero-order chi connectivity index (χ0) is 13.2. The van der Waals surface area contributed by atoms with Crippen molar-refractivity contribution in [3.63, 3.8) is 0 Å². The highest BCUT2D eigenvalue weighted by Crippen LogP contribution is 2.38. The molecule has 6 heteroatoms. The van der Waals surface area contributed by atoms with Crippen molar-refractivity contribution < 1.29 is 14.4 Å². The van der Waals surface area contributed by atoms with E-state index in [-0.39, 0.29) is 5.69 Å². The summed E-state index contributed by atoms with van der Waals surface area (Å²) in [6.07, 6.45) is 0. The summed E-state index contributed by atoms with van der Waals surface area (Å²) in [6.45, 7) is 3.39. The van der Waals surface area contributed by atoms with E-state index in [0.29, 0.717) is 17.1 Å². The number of nitro groups is 1. The quantitative estimate of drug-likeness (QED) is 0.640. The first-order valence-corrected chi connectivity index (χ1v) is 5.01. The molecule has 6 nitrogen and oxygen atoms in total. The van der Waals surface area contributed by atoms with E-state index in [1.807, 2.05) is 0 Å². The fourth-order valence-electron chi connectivity index (χ4n) is 1.54. The van der Waals surface area contributed by atoms with Gasteiger partial charge in [0.25, 0.3) is 5.69 Å².